The molecule has 0 bridgehead atoms. The Morgan fingerprint density at radius 2 is 2.00 bits per heavy atom. The van der Waals surface area contributed by atoms with Gasteiger partial charge in [0.05, 0.1) is 6.20 Å². The first-order valence-corrected chi connectivity index (χ1v) is 6.11. The molecule has 2 N–H and O–H groups in total. The number of nitrogen functional groups attached to an aromatic ring is 1. The highest BCUT2D eigenvalue weighted by atomic mass is 19.1. The summed E-state index contributed by atoms with van der Waals surface area (Å²) in [5, 5.41) is 3.95. The Labute approximate surface area is 116 Å². The van der Waals surface area contributed by atoms with E-state index in [2.05, 4.69) is 5.10 Å². The Balaban J connectivity index is 2.38. The summed E-state index contributed by atoms with van der Waals surface area (Å²) in [6.07, 6.45) is 1.27. The zero-order valence-electron chi connectivity index (χ0n) is 11.6. The Bertz CT molecular complexity index is 644. The first-order valence-electron chi connectivity index (χ1n) is 6.11. The maximum absolute atomic E-state index is 13.7. The minimum Gasteiger partial charge on any atom is -0.456 e. The van der Waals surface area contributed by atoms with Gasteiger partial charge in [-0.15, -0.1) is 0 Å². The molecule has 106 valence electrons. The molecule has 0 amide bonds. The Morgan fingerprint density at radius 3 is 2.60 bits per heavy atom. The number of rotatable bonds is 2. The Morgan fingerprint density at radius 1 is 1.35 bits per heavy atom. The molecule has 0 aliphatic rings. The van der Waals surface area contributed by atoms with Crippen LogP contribution in [-0.4, -0.2) is 21.4 Å². The van der Waals surface area contributed by atoms with E-state index in [-0.39, 0.29) is 17.1 Å². The topological polar surface area (TPSA) is 70.1 Å². The van der Waals surface area contributed by atoms with Crippen LogP contribution in [0.5, 0.6) is 0 Å². The van der Waals surface area contributed by atoms with Gasteiger partial charge in [-0.1, -0.05) is 12.1 Å². The molecule has 1 aromatic carbocycles. The van der Waals surface area contributed by atoms with Gasteiger partial charge in [-0.25, -0.2) is 13.9 Å². The van der Waals surface area contributed by atoms with Crippen LogP contribution in [0.3, 0.4) is 0 Å². The van der Waals surface area contributed by atoms with Crippen LogP contribution in [-0.2, 0) is 4.74 Å². The lowest BCUT2D eigenvalue weighted by Gasteiger charge is -2.19. The molecule has 0 atom stereocenters. The van der Waals surface area contributed by atoms with E-state index >= 15 is 0 Å². The molecule has 0 fully saturated rings. The lowest BCUT2D eigenvalue weighted by molar-refractivity contribution is 0.00708. The fourth-order valence-electron chi connectivity index (χ4n) is 1.66. The number of hydrogen-bond donors (Lipinski definition) is 1. The number of ether oxygens (including phenoxy) is 1. The van der Waals surface area contributed by atoms with Crippen molar-refractivity contribution in [1.29, 1.82) is 0 Å². The van der Waals surface area contributed by atoms with E-state index in [1.807, 2.05) is 0 Å². The smallest absolute Gasteiger partial charge is 0.344 e. The molecule has 2 rings (SSSR count). The second-order valence-corrected chi connectivity index (χ2v) is 5.31. The third kappa shape index (κ3) is 2.79. The maximum atomic E-state index is 13.7. The molecular formula is C14H16FN3O2. The highest BCUT2D eigenvalue weighted by Crippen LogP contribution is 2.21. The number of anilines is 1. The molecule has 1 heterocycles. The third-order valence-electron chi connectivity index (χ3n) is 2.51. The molecule has 20 heavy (non-hydrogen) atoms. The van der Waals surface area contributed by atoms with Crippen molar-refractivity contribution in [2.24, 2.45) is 0 Å². The average Bonchev–Trinajstić information content (AvgIpc) is 2.69. The molecule has 0 aliphatic carbocycles. The maximum Gasteiger partial charge on any atom is 0.344 e. The fourth-order valence-corrected chi connectivity index (χ4v) is 1.66. The summed E-state index contributed by atoms with van der Waals surface area (Å²) < 4.78 is 20.1. The van der Waals surface area contributed by atoms with Crippen molar-refractivity contribution < 1.29 is 13.9 Å². The molecule has 0 spiro atoms. The molecule has 0 saturated heterocycles. The van der Waals surface area contributed by atoms with Gasteiger partial charge in [0.15, 0.2) is 0 Å². The molecule has 1 aromatic heterocycles. The van der Waals surface area contributed by atoms with Crippen LogP contribution in [0, 0.1) is 5.82 Å². The summed E-state index contributed by atoms with van der Waals surface area (Å²) in [5.74, 6) is -1.01. The van der Waals surface area contributed by atoms with Crippen molar-refractivity contribution in [3.8, 4) is 5.69 Å². The summed E-state index contributed by atoms with van der Waals surface area (Å²) >= 11 is 0. The van der Waals surface area contributed by atoms with Crippen LogP contribution in [0.2, 0.25) is 0 Å². The fraction of sp³-hybridized carbons (Fsp3) is 0.286. The van der Waals surface area contributed by atoms with Crippen LogP contribution < -0.4 is 5.73 Å². The predicted octanol–water partition coefficient (Wildman–Crippen LogP) is 2.55. The summed E-state index contributed by atoms with van der Waals surface area (Å²) in [7, 11) is 0. The number of nitrogens with zero attached hydrogens (tertiary/aromatic N) is 2. The van der Waals surface area contributed by atoms with Gasteiger partial charge < -0.3 is 10.5 Å². The SMILES string of the molecule is CC(C)(C)OC(=O)c1cnn(-c2ccccc2F)c1N. The number of halogens is 1. The highest BCUT2D eigenvalue weighted by molar-refractivity contribution is 5.94. The van der Waals surface area contributed by atoms with E-state index in [9.17, 15) is 9.18 Å². The predicted molar refractivity (Wildman–Crippen MR) is 73.1 cm³/mol. The normalized spacial score (nSPS) is 11.4. The van der Waals surface area contributed by atoms with Gasteiger partial charge in [0.25, 0.3) is 0 Å². The van der Waals surface area contributed by atoms with Crippen molar-refractivity contribution in [3.05, 3.63) is 41.8 Å². The number of carbonyl (C=O) groups is 1. The number of para-hydroxylation sites is 1. The average molecular weight is 277 g/mol. The first kappa shape index (κ1) is 14.0. The first-order chi connectivity index (χ1) is 9.29. The standard InChI is InChI=1S/C14H16FN3O2/c1-14(2,3)20-13(19)9-8-17-18(12(9)16)11-7-5-4-6-10(11)15/h4-8H,16H2,1-3H3. The van der Waals surface area contributed by atoms with E-state index in [1.54, 1.807) is 32.9 Å². The van der Waals surface area contributed by atoms with Gasteiger partial charge in [-0.05, 0) is 32.9 Å². The van der Waals surface area contributed by atoms with Crippen molar-refractivity contribution >= 4 is 11.8 Å². The molecule has 0 saturated carbocycles. The van der Waals surface area contributed by atoms with Gasteiger partial charge in [-0.3, -0.25) is 0 Å². The molecule has 6 heteroatoms. The van der Waals surface area contributed by atoms with E-state index in [0.29, 0.717) is 0 Å². The van der Waals surface area contributed by atoms with Gasteiger partial charge in [0, 0.05) is 0 Å². The number of nitrogens with two attached hydrogens (primary N) is 1. The largest absolute Gasteiger partial charge is 0.456 e. The van der Waals surface area contributed by atoms with Gasteiger partial charge >= 0.3 is 5.97 Å². The van der Waals surface area contributed by atoms with Crippen molar-refractivity contribution in [2.45, 2.75) is 26.4 Å². The van der Waals surface area contributed by atoms with Crippen molar-refractivity contribution in [1.82, 2.24) is 9.78 Å². The lowest BCUT2D eigenvalue weighted by atomic mass is 10.2. The Kier molecular flexibility index (Phi) is 3.48. The van der Waals surface area contributed by atoms with Gasteiger partial charge in [-0.2, -0.15) is 5.10 Å². The summed E-state index contributed by atoms with van der Waals surface area (Å²) in [5.41, 5.74) is 5.52. The third-order valence-corrected chi connectivity index (χ3v) is 2.51. The second-order valence-electron chi connectivity index (χ2n) is 5.31. The minimum absolute atomic E-state index is 0.0457. The van der Waals surface area contributed by atoms with Crippen LogP contribution >= 0.6 is 0 Å². The summed E-state index contributed by atoms with van der Waals surface area (Å²) in [4.78, 5) is 12.0. The molecule has 0 radical (unpaired) electrons. The second kappa shape index (κ2) is 4.96. The minimum atomic E-state index is -0.635. The number of benzene rings is 1. The number of carbonyl (C=O) groups excluding carboxylic acids is 1. The van der Waals surface area contributed by atoms with Crippen LogP contribution in [0.1, 0.15) is 31.1 Å². The number of esters is 1. The van der Waals surface area contributed by atoms with E-state index < -0.39 is 17.4 Å². The van der Waals surface area contributed by atoms with Crippen molar-refractivity contribution in [3.63, 3.8) is 0 Å². The molecular weight excluding hydrogens is 261 g/mol. The van der Waals surface area contributed by atoms with E-state index in [1.165, 1.54) is 23.0 Å². The van der Waals surface area contributed by atoms with Crippen LogP contribution in [0.4, 0.5) is 10.2 Å². The quantitative estimate of drug-likeness (QED) is 0.856. The summed E-state index contributed by atoms with van der Waals surface area (Å²) in [6, 6.07) is 6.04. The molecule has 2 aromatic rings. The van der Waals surface area contributed by atoms with Gasteiger partial charge in [0.2, 0.25) is 0 Å². The van der Waals surface area contributed by atoms with Crippen molar-refractivity contribution in [2.75, 3.05) is 5.73 Å². The molecule has 0 unspecified atom stereocenters. The van der Waals surface area contributed by atoms with Crippen LogP contribution in [0.25, 0.3) is 5.69 Å². The van der Waals surface area contributed by atoms with E-state index in [4.69, 9.17) is 10.5 Å². The highest BCUT2D eigenvalue weighted by Gasteiger charge is 2.23. The van der Waals surface area contributed by atoms with E-state index in [0.717, 1.165) is 0 Å². The number of aromatic nitrogens is 2. The molecule has 0 aliphatic heterocycles. The monoisotopic (exact) mass is 277 g/mol. The van der Waals surface area contributed by atoms with Gasteiger partial charge in [0.1, 0.15) is 28.5 Å². The zero-order chi connectivity index (χ0) is 14.9. The Hall–Kier alpha value is -2.37. The molecule has 5 nitrogen and oxygen atoms in total. The van der Waals surface area contributed by atoms with Crippen LogP contribution in [0.15, 0.2) is 30.5 Å². The summed E-state index contributed by atoms with van der Waals surface area (Å²) in [6.45, 7) is 5.26. The number of hydrogen-bond acceptors (Lipinski definition) is 4. The lowest BCUT2D eigenvalue weighted by Crippen LogP contribution is -2.24. The zero-order valence-corrected chi connectivity index (χ0v) is 11.6.